The van der Waals surface area contributed by atoms with E-state index in [0.29, 0.717) is 50.1 Å². The lowest BCUT2D eigenvalue weighted by Gasteiger charge is -2.27. The molecule has 0 amide bonds. The van der Waals surface area contributed by atoms with Gasteiger partial charge in [0.15, 0.2) is 5.66 Å². The quantitative estimate of drug-likeness (QED) is 0.308. The van der Waals surface area contributed by atoms with Gasteiger partial charge in [0.05, 0.1) is 26.9 Å². The van der Waals surface area contributed by atoms with Gasteiger partial charge < -0.3 is 21.7 Å². The predicted octanol–water partition coefficient (Wildman–Crippen LogP) is 3.61. The number of nitrogens with zero attached hydrogens (tertiary/aromatic N) is 2. The Bertz CT molecular complexity index is 1250. The number of aromatic hydroxyl groups is 2. The molecule has 0 aromatic heterocycles. The first-order valence-electron chi connectivity index (χ1n) is 10.1. The SMILES string of the molecule is CC(C)CC1(CC(C)C)N=c2ccc3c(O)c4c(N)ccc(N)c4c(O)c3c2=N1. The minimum Gasteiger partial charge on any atom is -0.507 e. The van der Waals surface area contributed by atoms with Gasteiger partial charge in [-0.3, -0.25) is 9.98 Å². The van der Waals surface area contributed by atoms with E-state index in [-0.39, 0.29) is 11.5 Å². The highest BCUT2D eigenvalue weighted by Crippen LogP contribution is 2.45. The smallest absolute Gasteiger partial charge is 0.152 e. The van der Waals surface area contributed by atoms with Crippen LogP contribution in [0.3, 0.4) is 0 Å². The van der Waals surface area contributed by atoms with Crippen LogP contribution in [0.5, 0.6) is 11.5 Å². The summed E-state index contributed by atoms with van der Waals surface area (Å²) in [7, 11) is 0. The Morgan fingerprint density at radius 3 is 1.90 bits per heavy atom. The molecule has 6 heteroatoms. The Balaban J connectivity index is 2.14. The first-order chi connectivity index (χ1) is 13.6. The van der Waals surface area contributed by atoms with Crippen LogP contribution in [-0.4, -0.2) is 15.9 Å². The summed E-state index contributed by atoms with van der Waals surface area (Å²) in [4.78, 5) is 10.0. The molecule has 0 atom stereocenters. The molecular weight excluding hydrogens is 364 g/mol. The van der Waals surface area contributed by atoms with Crippen LogP contribution in [0.25, 0.3) is 21.5 Å². The molecule has 0 bridgehead atoms. The van der Waals surface area contributed by atoms with Gasteiger partial charge in [0.25, 0.3) is 0 Å². The molecule has 6 N–H and O–H groups in total. The summed E-state index contributed by atoms with van der Waals surface area (Å²) in [6, 6.07) is 6.89. The van der Waals surface area contributed by atoms with Crippen molar-refractivity contribution in [1.29, 1.82) is 0 Å². The van der Waals surface area contributed by atoms with E-state index in [4.69, 9.17) is 21.5 Å². The second-order valence-electron chi connectivity index (χ2n) is 8.95. The highest BCUT2D eigenvalue weighted by molar-refractivity contribution is 6.17. The first-order valence-corrected chi connectivity index (χ1v) is 10.1. The van der Waals surface area contributed by atoms with E-state index in [1.54, 1.807) is 18.2 Å². The van der Waals surface area contributed by atoms with Crippen LogP contribution in [0, 0.1) is 11.8 Å². The standard InChI is InChI=1S/C23H28N4O2/c1-11(2)9-23(10-12(3)4)26-16-8-5-13-17(20(16)27-23)22(29)19-15(25)7-6-14(24)18(19)21(13)28/h5-8,11-12,28-29H,9-10,24-25H2,1-4H3. The van der Waals surface area contributed by atoms with Gasteiger partial charge in [-0.25, -0.2) is 0 Å². The van der Waals surface area contributed by atoms with Crippen molar-refractivity contribution in [2.45, 2.75) is 46.2 Å². The molecule has 6 nitrogen and oxygen atoms in total. The van der Waals surface area contributed by atoms with Crippen molar-refractivity contribution in [3.05, 3.63) is 35.0 Å². The highest BCUT2D eigenvalue weighted by Gasteiger charge is 2.34. The minimum absolute atomic E-state index is 0.000758. The molecule has 3 aromatic carbocycles. The molecule has 0 spiro atoms. The lowest BCUT2D eigenvalue weighted by molar-refractivity contribution is 0.296. The van der Waals surface area contributed by atoms with E-state index in [1.807, 2.05) is 6.07 Å². The third-order valence-corrected chi connectivity index (χ3v) is 5.51. The van der Waals surface area contributed by atoms with Gasteiger partial charge in [-0.2, -0.15) is 0 Å². The minimum atomic E-state index is -0.558. The molecule has 0 saturated carbocycles. The summed E-state index contributed by atoms with van der Waals surface area (Å²) in [5, 5.41) is 25.2. The van der Waals surface area contributed by atoms with Crippen molar-refractivity contribution in [3.8, 4) is 11.5 Å². The van der Waals surface area contributed by atoms with Crippen LogP contribution in [-0.2, 0) is 0 Å². The summed E-state index contributed by atoms with van der Waals surface area (Å²) < 4.78 is 0. The Hall–Kier alpha value is -3.02. The van der Waals surface area contributed by atoms with Crippen LogP contribution < -0.4 is 22.2 Å². The van der Waals surface area contributed by atoms with E-state index in [2.05, 4.69) is 27.7 Å². The van der Waals surface area contributed by atoms with Crippen molar-refractivity contribution in [1.82, 2.24) is 0 Å². The van der Waals surface area contributed by atoms with Gasteiger partial charge in [0, 0.05) is 16.8 Å². The molecule has 152 valence electrons. The lowest BCUT2D eigenvalue weighted by atomic mass is 9.90. The Labute approximate surface area is 169 Å². The van der Waals surface area contributed by atoms with Gasteiger partial charge in [0.1, 0.15) is 11.5 Å². The fourth-order valence-corrected chi connectivity index (χ4v) is 4.66. The number of anilines is 2. The summed E-state index contributed by atoms with van der Waals surface area (Å²) >= 11 is 0. The monoisotopic (exact) mass is 392 g/mol. The Morgan fingerprint density at radius 2 is 1.34 bits per heavy atom. The van der Waals surface area contributed by atoms with E-state index in [0.717, 1.165) is 18.2 Å². The molecular formula is C23H28N4O2. The first kappa shape index (κ1) is 19.3. The van der Waals surface area contributed by atoms with Crippen LogP contribution in [0.15, 0.2) is 34.3 Å². The molecule has 0 fully saturated rings. The maximum Gasteiger partial charge on any atom is 0.152 e. The van der Waals surface area contributed by atoms with Gasteiger partial charge in [-0.15, -0.1) is 0 Å². The van der Waals surface area contributed by atoms with E-state index < -0.39 is 5.66 Å². The number of benzene rings is 3. The van der Waals surface area contributed by atoms with Crippen molar-refractivity contribution >= 4 is 32.9 Å². The molecule has 1 aliphatic heterocycles. The zero-order valence-corrected chi connectivity index (χ0v) is 17.3. The molecule has 4 rings (SSSR count). The number of rotatable bonds is 4. The second-order valence-corrected chi connectivity index (χ2v) is 8.95. The molecule has 0 aliphatic carbocycles. The molecule has 1 heterocycles. The molecule has 0 saturated heterocycles. The van der Waals surface area contributed by atoms with Crippen LogP contribution in [0.4, 0.5) is 11.4 Å². The zero-order valence-electron chi connectivity index (χ0n) is 17.3. The molecule has 0 unspecified atom stereocenters. The van der Waals surface area contributed by atoms with Crippen LogP contribution >= 0.6 is 0 Å². The third kappa shape index (κ3) is 2.94. The normalized spacial score (nSPS) is 15.1. The summed E-state index contributed by atoms with van der Waals surface area (Å²) in [6.45, 7) is 8.64. The second kappa shape index (κ2) is 6.51. The maximum atomic E-state index is 11.2. The number of hydrogen-bond donors (Lipinski definition) is 4. The average Bonchev–Trinajstić information content (AvgIpc) is 2.96. The fourth-order valence-electron chi connectivity index (χ4n) is 4.66. The third-order valence-electron chi connectivity index (χ3n) is 5.51. The number of hydrogen-bond acceptors (Lipinski definition) is 6. The van der Waals surface area contributed by atoms with E-state index in [1.165, 1.54) is 0 Å². The summed E-state index contributed by atoms with van der Waals surface area (Å²) in [6.07, 6.45) is 1.63. The number of nitrogens with two attached hydrogens (primary N) is 2. The van der Waals surface area contributed by atoms with Crippen molar-refractivity contribution in [2.75, 3.05) is 11.5 Å². The predicted molar refractivity (Wildman–Crippen MR) is 118 cm³/mol. The van der Waals surface area contributed by atoms with Gasteiger partial charge in [0.2, 0.25) is 0 Å². The Kier molecular flexibility index (Phi) is 4.33. The summed E-state index contributed by atoms with van der Waals surface area (Å²) in [5.41, 5.74) is 12.4. The molecule has 29 heavy (non-hydrogen) atoms. The highest BCUT2D eigenvalue weighted by atomic mass is 16.3. The Morgan fingerprint density at radius 1 is 0.793 bits per heavy atom. The maximum absolute atomic E-state index is 11.2. The van der Waals surface area contributed by atoms with Crippen molar-refractivity contribution in [3.63, 3.8) is 0 Å². The van der Waals surface area contributed by atoms with Gasteiger partial charge >= 0.3 is 0 Å². The van der Waals surface area contributed by atoms with Crippen LogP contribution in [0.1, 0.15) is 40.5 Å². The molecule has 3 aromatic rings. The van der Waals surface area contributed by atoms with E-state index in [9.17, 15) is 10.2 Å². The molecule has 0 radical (unpaired) electrons. The van der Waals surface area contributed by atoms with Gasteiger partial charge in [-0.05, 0) is 48.9 Å². The average molecular weight is 393 g/mol. The van der Waals surface area contributed by atoms with Crippen molar-refractivity contribution in [2.24, 2.45) is 21.8 Å². The zero-order chi connectivity index (χ0) is 21.1. The van der Waals surface area contributed by atoms with Crippen molar-refractivity contribution < 1.29 is 10.2 Å². The fraction of sp³-hybridized carbons (Fsp3) is 0.391. The summed E-state index contributed by atoms with van der Waals surface area (Å²) in [5.74, 6) is 0.819. The van der Waals surface area contributed by atoms with Gasteiger partial charge in [-0.1, -0.05) is 27.7 Å². The topological polar surface area (TPSA) is 117 Å². The van der Waals surface area contributed by atoms with Crippen LogP contribution in [0.2, 0.25) is 0 Å². The largest absolute Gasteiger partial charge is 0.507 e. The molecule has 1 aliphatic rings. The number of nitrogen functional groups attached to an aromatic ring is 2. The number of phenols is 2. The number of fused-ring (bicyclic) bond motifs is 4. The number of phenolic OH excluding ortho intramolecular Hbond substituents is 2. The lowest BCUT2D eigenvalue weighted by Crippen LogP contribution is -2.27. The van der Waals surface area contributed by atoms with E-state index >= 15 is 0 Å².